The van der Waals surface area contributed by atoms with Gasteiger partial charge in [0.15, 0.2) is 0 Å². The third-order valence-electron chi connectivity index (χ3n) is 7.46. The number of fused-ring (bicyclic) bond motifs is 14. The Morgan fingerprint density at radius 1 is 0.516 bits per heavy atom. The lowest BCUT2D eigenvalue weighted by molar-refractivity contribution is 1.25. The van der Waals surface area contributed by atoms with Gasteiger partial charge in [0, 0.05) is 17.0 Å². The van der Waals surface area contributed by atoms with E-state index < -0.39 is 0 Å². The highest BCUT2D eigenvalue weighted by atomic mass is 14.9. The van der Waals surface area contributed by atoms with E-state index in [0.717, 1.165) is 12.8 Å². The molecule has 2 aliphatic carbocycles. The summed E-state index contributed by atoms with van der Waals surface area (Å²) in [7, 11) is 0. The number of nitrogens with zero attached hydrogens (tertiary/aromatic N) is 1. The zero-order valence-electron chi connectivity index (χ0n) is 17.0. The van der Waals surface area contributed by atoms with Gasteiger partial charge in [0.2, 0.25) is 0 Å². The summed E-state index contributed by atoms with van der Waals surface area (Å²) in [6.07, 6.45) is 4.27. The Bertz CT molecular complexity index is 1730. The number of hydrogen-bond donors (Lipinski definition) is 0. The summed E-state index contributed by atoms with van der Waals surface area (Å²) < 4.78 is 2.40. The molecule has 0 N–H and O–H groups in total. The van der Waals surface area contributed by atoms with E-state index in [1.807, 2.05) is 0 Å². The first kappa shape index (κ1) is 15.9. The maximum atomic E-state index is 2.40. The highest BCUT2D eigenvalue weighted by molar-refractivity contribution is 6.21. The number of rotatable bonds is 0. The zero-order valence-corrected chi connectivity index (χ0v) is 17.0. The normalized spacial score (nSPS) is 13.5. The first-order valence-corrected chi connectivity index (χ1v) is 11.1. The van der Waals surface area contributed by atoms with Crippen molar-refractivity contribution < 1.29 is 0 Å². The minimum Gasteiger partial charge on any atom is -0.316 e. The third kappa shape index (κ3) is 1.88. The standard InChI is InChI=1S/C30H19N/c1-3-8-21-19(7-1)17-25-23(21)13-14-27-29(25)24-12-11-20-16-18-6-2-4-9-22(18)28(20)30(24)26-10-5-15-31(26)27/h1-15H,16-17H2. The minimum atomic E-state index is 1.01. The lowest BCUT2D eigenvalue weighted by Gasteiger charge is -2.16. The molecule has 31 heavy (non-hydrogen) atoms. The van der Waals surface area contributed by atoms with Gasteiger partial charge in [0.05, 0.1) is 11.0 Å². The Morgan fingerprint density at radius 3 is 2.19 bits per heavy atom. The van der Waals surface area contributed by atoms with Crippen LogP contribution in [0, 0.1) is 0 Å². The molecule has 0 unspecified atom stereocenters. The predicted octanol–water partition coefficient (Wildman–Crippen LogP) is 7.39. The van der Waals surface area contributed by atoms with Crippen molar-refractivity contribution in [2.24, 2.45) is 0 Å². The van der Waals surface area contributed by atoms with Gasteiger partial charge in [-0.15, -0.1) is 0 Å². The van der Waals surface area contributed by atoms with Crippen LogP contribution in [-0.2, 0) is 12.8 Å². The Kier molecular flexibility index (Phi) is 2.80. The summed E-state index contributed by atoms with van der Waals surface area (Å²) in [6.45, 7) is 0. The molecule has 0 saturated carbocycles. The third-order valence-corrected chi connectivity index (χ3v) is 7.46. The van der Waals surface area contributed by atoms with Gasteiger partial charge < -0.3 is 4.40 Å². The number of pyridine rings is 1. The smallest absolute Gasteiger partial charge is 0.0541 e. The second kappa shape index (κ2) is 5.44. The van der Waals surface area contributed by atoms with Crippen molar-refractivity contribution in [3.05, 3.63) is 113 Å². The fourth-order valence-corrected chi connectivity index (χ4v) is 6.19. The van der Waals surface area contributed by atoms with Crippen molar-refractivity contribution in [2.45, 2.75) is 12.8 Å². The van der Waals surface area contributed by atoms with Crippen LogP contribution >= 0.6 is 0 Å². The quantitative estimate of drug-likeness (QED) is 0.237. The van der Waals surface area contributed by atoms with Crippen LogP contribution < -0.4 is 0 Å². The number of benzene rings is 4. The molecule has 0 bridgehead atoms. The van der Waals surface area contributed by atoms with Crippen LogP contribution in [-0.4, -0.2) is 4.40 Å². The average Bonchev–Trinajstić information content (AvgIpc) is 3.53. The van der Waals surface area contributed by atoms with Gasteiger partial charge in [-0.3, -0.25) is 0 Å². The lowest BCUT2D eigenvalue weighted by Crippen LogP contribution is -1.95. The van der Waals surface area contributed by atoms with Gasteiger partial charge in [-0.05, 0) is 80.9 Å². The van der Waals surface area contributed by atoms with Crippen molar-refractivity contribution in [1.29, 1.82) is 0 Å². The molecule has 144 valence electrons. The maximum absolute atomic E-state index is 2.40. The Balaban J connectivity index is 1.61. The zero-order chi connectivity index (χ0) is 20.1. The molecule has 0 aliphatic heterocycles. The molecule has 2 aliphatic rings. The van der Waals surface area contributed by atoms with Crippen molar-refractivity contribution >= 4 is 27.2 Å². The van der Waals surface area contributed by atoms with E-state index >= 15 is 0 Å². The molecule has 1 heteroatoms. The summed E-state index contributed by atoms with van der Waals surface area (Å²) in [4.78, 5) is 0. The van der Waals surface area contributed by atoms with Gasteiger partial charge in [-0.25, -0.2) is 0 Å². The molecule has 0 amide bonds. The highest BCUT2D eigenvalue weighted by Crippen LogP contribution is 2.48. The molecule has 8 rings (SSSR count). The SMILES string of the molecule is c1ccc2c(c1)Cc1c-2ccc2c1c1ccc3c(c1c1cccn21)-c1ccccc1C3. The monoisotopic (exact) mass is 393 g/mol. The first-order valence-electron chi connectivity index (χ1n) is 11.1. The molecule has 1 nitrogen and oxygen atoms in total. The molecular formula is C30H19N. The molecule has 2 aromatic heterocycles. The molecule has 0 fully saturated rings. The predicted molar refractivity (Wildman–Crippen MR) is 129 cm³/mol. The molecule has 4 aromatic carbocycles. The minimum absolute atomic E-state index is 1.01. The fourth-order valence-electron chi connectivity index (χ4n) is 6.19. The summed E-state index contributed by atoms with van der Waals surface area (Å²) in [5.41, 5.74) is 14.1. The van der Waals surface area contributed by atoms with Crippen LogP contribution in [0.25, 0.3) is 49.4 Å². The van der Waals surface area contributed by atoms with Gasteiger partial charge in [0.1, 0.15) is 0 Å². The van der Waals surface area contributed by atoms with E-state index in [0.29, 0.717) is 0 Å². The molecule has 0 radical (unpaired) electrons. The molecule has 0 atom stereocenters. The van der Waals surface area contributed by atoms with Gasteiger partial charge in [-0.2, -0.15) is 0 Å². The Hall–Kier alpha value is -3.84. The number of aromatic nitrogens is 1. The second-order valence-corrected chi connectivity index (χ2v) is 8.94. The maximum Gasteiger partial charge on any atom is 0.0541 e. The second-order valence-electron chi connectivity index (χ2n) is 8.94. The molecule has 6 aromatic rings. The first-order chi connectivity index (χ1) is 15.4. The fraction of sp³-hybridized carbons (Fsp3) is 0.0667. The molecular weight excluding hydrogens is 374 g/mol. The largest absolute Gasteiger partial charge is 0.316 e. The molecule has 0 spiro atoms. The van der Waals surface area contributed by atoms with E-state index in [2.05, 4.69) is 95.5 Å². The van der Waals surface area contributed by atoms with E-state index in [9.17, 15) is 0 Å². The van der Waals surface area contributed by atoms with Crippen LogP contribution in [0.5, 0.6) is 0 Å². The van der Waals surface area contributed by atoms with Crippen molar-refractivity contribution in [3.8, 4) is 22.3 Å². The lowest BCUT2D eigenvalue weighted by atomic mass is 9.92. The van der Waals surface area contributed by atoms with Crippen LogP contribution in [0.2, 0.25) is 0 Å². The summed E-state index contributed by atoms with van der Waals surface area (Å²) in [5, 5.41) is 4.21. The van der Waals surface area contributed by atoms with Crippen molar-refractivity contribution in [2.75, 3.05) is 0 Å². The van der Waals surface area contributed by atoms with Crippen LogP contribution in [0.3, 0.4) is 0 Å². The van der Waals surface area contributed by atoms with Crippen molar-refractivity contribution in [3.63, 3.8) is 0 Å². The topological polar surface area (TPSA) is 4.41 Å². The summed E-state index contributed by atoms with van der Waals surface area (Å²) in [5.74, 6) is 0. The van der Waals surface area contributed by atoms with Gasteiger partial charge in [-0.1, -0.05) is 66.7 Å². The van der Waals surface area contributed by atoms with Crippen LogP contribution in [0.1, 0.15) is 22.3 Å². The Morgan fingerprint density at radius 2 is 1.29 bits per heavy atom. The number of hydrogen-bond acceptors (Lipinski definition) is 0. The Labute approximate surface area is 180 Å². The highest BCUT2D eigenvalue weighted by Gasteiger charge is 2.26. The van der Waals surface area contributed by atoms with Gasteiger partial charge >= 0.3 is 0 Å². The molecule has 2 heterocycles. The summed E-state index contributed by atoms with van der Waals surface area (Å²) >= 11 is 0. The van der Waals surface area contributed by atoms with Gasteiger partial charge in [0.25, 0.3) is 0 Å². The van der Waals surface area contributed by atoms with E-state index in [1.54, 1.807) is 0 Å². The van der Waals surface area contributed by atoms with Crippen LogP contribution in [0.4, 0.5) is 0 Å². The molecule has 0 saturated heterocycles. The van der Waals surface area contributed by atoms with E-state index in [-0.39, 0.29) is 0 Å². The van der Waals surface area contributed by atoms with Crippen molar-refractivity contribution in [1.82, 2.24) is 4.40 Å². The van der Waals surface area contributed by atoms with E-state index in [1.165, 1.54) is 71.7 Å². The van der Waals surface area contributed by atoms with Crippen LogP contribution in [0.15, 0.2) is 91.1 Å². The van der Waals surface area contributed by atoms with E-state index in [4.69, 9.17) is 0 Å². The summed E-state index contributed by atoms with van der Waals surface area (Å²) in [6, 6.07) is 31.7. The average molecular weight is 393 g/mol.